The van der Waals surface area contributed by atoms with Crippen LogP contribution in [0.15, 0.2) is 24.7 Å². The van der Waals surface area contributed by atoms with Crippen molar-refractivity contribution >= 4 is 7.12 Å². The first-order valence-electron chi connectivity index (χ1n) is 6.44. The van der Waals surface area contributed by atoms with E-state index >= 15 is 0 Å². The van der Waals surface area contributed by atoms with Crippen molar-refractivity contribution in [1.29, 1.82) is 0 Å². The fourth-order valence-corrected chi connectivity index (χ4v) is 1.77. The Bertz CT molecular complexity index is 279. The van der Waals surface area contributed by atoms with Crippen LogP contribution in [0, 0.1) is 0 Å². The molecule has 1 aliphatic rings. The van der Waals surface area contributed by atoms with Crippen LogP contribution in [0.1, 0.15) is 53.4 Å². The number of hydrogen-bond donors (Lipinski definition) is 0. The average molecular weight is 236 g/mol. The topological polar surface area (TPSA) is 18.5 Å². The first-order valence-corrected chi connectivity index (χ1v) is 6.44. The summed E-state index contributed by atoms with van der Waals surface area (Å²) in [7, 11) is -0.247. The maximum Gasteiger partial charge on any atom is 0.489 e. The third-order valence-electron chi connectivity index (χ3n) is 3.74. The summed E-state index contributed by atoms with van der Waals surface area (Å²) < 4.78 is 11.9. The van der Waals surface area contributed by atoms with Crippen LogP contribution in [0.3, 0.4) is 0 Å². The van der Waals surface area contributed by atoms with Crippen molar-refractivity contribution in [1.82, 2.24) is 0 Å². The molecule has 17 heavy (non-hydrogen) atoms. The van der Waals surface area contributed by atoms with Gasteiger partial charge in [0.05, 0.1) is 11.2 Å². The van der Waals surface area contributed by atoms with Crippen LogP contribution in [0.4, 0.5) is 0 Å². The summed E-state index contributed by atoms with van der Waals surface area (Å²) in [5.41, 5.74) is 0.524. The van der Waals surface area contributed by atoms with E-state index < -0.39 is 0 Å². The fraction of sp³-hybridized carbons (Fsp3) is 0.714. The number of unbranched alkanes of at least 4 members (excludes halogenated alkanes) is 2. The molecule has 1 heterocycles. The van der Waals surface area contributed by atoms with E-state index in [9.17, 15) is 0 Å². The van der Waals surface area contributed by atoms with Gasteiger partial charge < -0.3 is 9.31 Å². The summed E-state index contributed by atoms with van der Waals surface area (Å²) in [6.07, 6.45) is 6.26. The van der Waals surface area contributed by atoms with E-state index in [-0.39, 0.29) is 18.3 Å². The summed E-state index contributed by atoms with van der Waals surface area (Å²) in [6, 6.07) is 0. The molecule has 0 amide bonds. The molecule has 0 aromatic heterocycles. The molecule has 1 rings (SSSR count). The molecule has 1 aliphatic heterocycles. The third-order valence-corrected chi connectivity index (χ3v) is 3.74. The van der Waals surface area contributed by atoms with Crippen LogP contribution < -0.4 is 0 Å². The molecule has 3 heteroatoms. The van der Waals surface area contributed by atoms with Gasteiger partial charge in [-0.05, 0) is 58.9 Å². The SMILES string of the molecule is C=CCCCCC(=C)B1OC(C)(C)C(C)(C)O1. The van der Waals surface area contributed by atoms with Gasteiger partial charge in [0.1, 0.15) is 0 Å². The van der Waals surface area contributed by atoms with Crippen molar-refractivity contribution in [3.63, 3.8) is 0 Å². The average Bonchev–Trinajstić information content (AvgIpc) is 2.43. The Balaban J connectivity index is 2.43. The van der Waals surface area contributed by atoms with Crippen molar-refractivity contribution in [3.8, 4) is 0 Å². The minimum Gasteiger partial charge on any atom is -0.400 e. The van der Waals surface area contributed by atoms with Gasteiger partial charge >= 0.3 is 7.12 Å². The minimum absolute atomic E-state index is 0.247. The zero-order valence-electron chi connectivity index (χ0n) is 11.7. The molecule has 1 fully saturated rings. The molecule has 0 saturated carbocycles. The quantitative estimate of drug-likeness (QED) is 0.395. The monoisotopic (exact) mass is 236 g/mol. The zero-order valence-corrected chi connectivity index (χ0v) is 11.7. The largest absolute Gasteiger partial charge is 0.489 e. The predicted molar refractivity (Wildman–Crippen MR) is 73.9 cm³/mol. The lowest BCUT2D eigenvalue weighted by atomic mass is 9.76. The molecule has 0 bridgehead atoms. The molecule has 2 nitrogen and oxygen atoms in total. The lowest BCUT2D eigenvalue weighted by Crippen LogP contribution is -2.41. The highest BCUT2D eigenvalue weighted by molar-refractivity contribution is 6.54. The lowest BCUT2D eigenvalue weighted by molar-refractivity contribution is 0.00578. The highest BCUT2D eigenvalue weighted by Gasteiger charge is 2.51. The summed E-state index contributed by atoms with van der Waals surface area (Å²) in [4.78, 5) is 0. The fourth-order valence-electron chi connectivity index (χ4n) is 1.77. The Morgan fingerprint density at radius 3 is 2.12 bits per heavy atom. The van der Waals surface area contributed by atoms with Gasteiger partial charge in [0.25, 0.3) is 0 Å². The van der Waals surface area contributed by atoms with Crippen LogP contribution in [0.25, 0.3) is 0 Å². The summed E-state index contributed by atoms with van der Waals surface area (Å²) >= 11 is 0. The Morgan fingerprint density at radius 1 is 1.12 bits per heavy atom. The van der Waals surface area contributed by atoms with E-state index in [1.165, 1.54) is 0 Å². The maximum absolute atomic E-state index is 5.94. The van der Waals surface area contributed by atoms with E-state index in [2.05, 4.69) is 40.9 Å². The van der Waals surface area contributed by atoms with E-state index in [1.807, 2.05) is 6.08 Å². The second-order valence-corrected chi connectivity index (χ2v) is 5.78. The molecule has 0 unspecified atom stereocenters. The molecule has 0 aromatic carbocycles. The van der Waals surface area contributed by atoms with Crippen molar-refractivity contribution in [2.24, 2.45) is 0 Å². The lowest BCUT2D eigenvalue weighted by Gasteiger charge is -2.32. The van der Waals surface area contributed by atoms with E-state index in [1.54, 1.807) is 0 Å². The van der Waals surface area contributed by atoms with Gasteiger partial charge in [0, 0.05) is 0 Å². The standard InChI is InChI=1S/C14H25BO2/c1-7-8-9-10-11-12(2)15-16-13(3,4)14(5,6)17-15/h7H,1-2,8-11H2,3-6H3. The molecule has 0 N–H and O–H groups in total. The number of rotatable bonds is 6. The molecule has 1 saturated heterocycles. The minimum atomic E-state index is -0.262. The highest BCUT2D eigenvalue weighted by atomic mass is 16.7. The van der Waals surface area contributed by atoms with Gasteiger partial charge in [-0.25, -0.2) is 0 Å². The van der Waals surface area contributed by atoms with Gasteiger partial charge in [-0.1, -0.05) is 6.08 Å². The summed E-state index contributed by atoms with van der Waals surface area (Å²) in [5, 5.41) is 0. The number of allylic oxidation sites excluding steroid dienone is 2. The smallest absolute Gasteiger partial charge is 0.400 e. The van der Waals surface area contributed by atoms with E-state index in [4.69, 9.17) is 9.31 Å². The van der Waals surface area contributed by atoms with Gasteiger partial charge in [0.2, 0.25) is 0 Å². The Hall–Kier alpha value is -0.535. The molecule has 0 aliphatic carbocycles. The Kier molecular flexibility index (Phi) is 4.62. The predicted octanol–water partition coefficient (Wildman–Crippen LogP) is 3.92. The zero-order chi connectivity index (χ0) is 13.1. The molecule has 96 valence electrons. The van der Waals surface area contributed by atoms with E-state index in [0.29, 0.717) is 0 Å². The van der Waals surface area contributed by atoms with Gasteiger partial charge in [0.15, 0.2) is 0 Å². The maximum atomic E-state index is 5.94. The highest BCUT2D eigenvalue weighted by Crippen LogP contribution is 2.38. The second kappa shape index (κ2) is 5.41. The Labute approximate surface area is 106 Å². The van der Waals surface area contributed by atoms with Crippen LogP contribution in [-0.2, 0) is 9.31 Å². The molecular formula is C14H25BO2. The first-order chi connectivity index (χ1) is 7.80. The summed E-state index contributed by atoms with van der Waals surface area (Å²) in [5.74, 6) is 0. The van der Waals surface area contributed by atoms with Crippen LogP contribution in [0.2, 0.25) is 0 Å². The van der Waals surface area contributed by atoms with Crippen LogP contribution in [-0.4, -0.2) is 18.3 Å². The van der Waals surface area contributed by atoms with Gasteiger partial charge in [-0.3, -0.25) is 0 Å². The summed E-state index contributed by atoms with van der Waals surface area (Å²) in [6.45, 7) is 16.1. The normalized spacial score (nSPS) is 21.5. The van der Waals surface area contributed by atoms with Crippen LogP contribution in [0.5, 0.6) is 0 Å². The molecular weight excluding hydrogens is 211 g/mol. The van der Waals surface area contributed by atoms with Crippen molar-refractivity contribution in [2.45, 2.75) is 64.6 Å². The van der Waals surface area contributed by atoms with E-state index in [0.717, 1.165) is 31.2 Å². The first kappa shape index (κ1) is 14.5. The number of hydrogen-bond acceptors (Lipinski definition) is 2. The third kappa shape index (κ3) is 3.46. The molecule has 0 atom stereocenters. The van der Waals surface area contributed by atoms with Gasteiger partial charge in [-0.15, -0.1) is 13.2 Å². The van der Waals surface area contributed by atoms with Crippen LogP contribution >= 0.6 is 0 Å². The molecule has 0 aromatic rings. The van der Waals surface area contributed by atoms with Crippen molar-refractivity contribution in [2.75, 3.05) is 0 Å². The van der Waals surface area contributed by atoms with Crippen molar-refractivity contribution < 1.29 is 9.31 Å². The molecule has 0 spiro atoms. The van der Waals surface area contributed by atoms with Gasteiger partial charge in [-0.2, -0.15) is 0 Å². The second-order valence-electron chi connectivity index (χ2n) is 5.78. The van der Waals surface area contributed by atoms with Crippen molar-refractivity contribution in [3.05, 3.63) is 24.7 Å². The Morgan fingerprint density at radius 2 is 1.65 bits per heavy atom. The molecule has 0 radical (unpaired) electrons.